The minimum absolute atomic E-state index is 0.267. The molecular weight excluding hydrogens is 188 g/mol. The average Bonchev–Trinajstić information content (AvgIpc) is 2.13. The molecule has 0 N–H and O–H groups in total. The van der Waals surface area contributed by atoms with E-state index in [0.29, 0.717) is 5.57 Å². The Labute approximate surface area is 89.9 Å². The molecule has 0 aromatic heterocycles. The minimum Gasteiger partial charge on any atom is -0.458 e. The van der Waals surface area contributed by atoms with Gasteiger partial charge in [0.1, 0.15) is 6.61 Å². The highest BCUT2D eigenvalue weighted by Crippen LogP contribution is 2.05. The smallest absolute Gasteiger partial charge is 0.338 e. The molecule has 2 heteroatoms. The van der Waals surface area contributed by atoms with Crippen molar-refractivity contribution in [1.29, 1.82) is 0 Å². The molecule has 0 atom stereocenters. The monoisotopic (exact) mass is 202 g/mol. The number of carbonyl (C=O) groups excluding carboxylic acids is 1. The quantitative estimate of drug-likeness (QED) is 0.519. The van der Waals surface area contributed by atoms with Crippen LogP contribution >= 0.6 is 0 Å². The predicted molar refractivity (Wildman–Crippen MR) is 61.3 cm³/mol. The van der Waals surface area contributed by atoms with Crippen LogP contribution in [-0.2, 0) is 9.53 Å². The van der Waals surface area contributed by atoms with Crippen LogP contribution in [0.15, 0.2) is 60.3 Å². The van der Waals surface area contributed by atoms with E-state index in [1.54, 1.807) is 24.3 Å². The van der Waals surface area contributed by atoms with Crippen molar-refractivity contribution in [1.82, 2.24) is 0 Å². The zero-order chi connectivity index (χ0) is 11.1. The Morgan fingerprint density at radius 1 is 1.27 bits per heavy atom. The van der Waals surface area contributed by atoms with Crippen LogP contribution in [0.4, 0.5) is 0 Å². The molecular formula is C13H14O2. The number of carbonyl (C=O) groups is 1. The molecule has 78 valence electrons. The lowest BCUT2D eigenvalue weighted by atomic mass is 10.2. The summed E-state index contributed by atoms with van der Waals surface area (Å²) in [6, 6.07) is 0. The highest BCUT2D eigenvalue weighted by Gasteiger charge is 2.06. The molecule has 1 rings (SSSR count). The number of ether oxygens (including phenoxy) is 1. The molecule has 0 aliphatic heterocycles. The Morgan fingerprint density at radius 3 is 2.67 bits per heavy atom. The van der Waals surface area contributed by atoms with Gasteiger partial charge >= 0.3 is 5.97 Å². The fraction of sp³-hybridized carbons (Fsp3) is 0.154. The Hall–Kier alpha value is -1.83. The number of hydrogen-bond donors (Lipinski definition) is 0. The Bertz CT molecular complexity index is 368. The third-order valence-electron chi connectivity index (χ3n) is 1.68. The first-order valence-corrected chi connectivity index (χ1v) is 4.73. The molecule has 1 aliphatic carbocycles. The van der Waals surface area contributed by atoms with Crippen molar-refractivity contribution in [2.24, 2.45) is 0 Å². The average molecular weight is 202 g/mol. The molecule has 0 fully saturated rings. The van der Waals surface area contributed by atoms with Crippen LogP contribution in [0, 0.1) is 0 Å². The molecule has 0 aromatic rings. The summed E-state index contributed by atoms with van der Waals surface area (Å²) in [5.74, 6) is -0.325. The first kappa shape index (κ1) is 11.2. The molecule has 0 spiro atoms. The fourth-order valence-electron chi connectivity index (χ4n) is 0.975. The van der Waals surface area contributed by atoms with Gasteiger partial charge in [-0.05, 0) is 24.6 Å². The molecule has 0 amide bonds. The number of allylic oxidation sites excluding steroid dienone is 6. The zero-order valence-corrected chi connectivity index (χ0v) is 8.77. The predicted octanol–water partition coefficient (Wildman–Crippen LogP) is 2.71. The van der Waals surface area contributed by atoms with Crippen LogP contribution in [0.2, 0.25) is 0 Å². The summed E-state index contributed by atoms with van der Waals surface area (Å²) >= 11 is 0. The SMILES string of the molecule is C=C(C)COC(=O)C1=C/C=C\C=C/C=C\1. The Balaban J connectivity index is 2.62. The van der Waals surface area contributed by atoms with Crippen LogP contribution in [0.3, 0.4) is 0 Å². The maximum atomic E-state index is 11.5. The van der Waals surface area contributed by atoms with Crippen molar-refractivity contribution >= 4 is 5.97 Å². The van der Waals surface area contributed by atoms with E-state index in [1.165, 1.54) is 0 Å². The fourth-order valence-corrected chi connectivity index (χ4v) is 0.975. The highest BCUT2D eigenvalue weighted by molar-refractivity contribution is 5.92. The Kier molecular flexibility index (Phi) is 4.35. The lowest BCUT2D eigenvalue weighted by molar-refractivity contribution is -0.137. The topological polar surface area (TPSA) is 26.3 Å². The molecule has 0 heterocycles. The van der Waals surface area contributed by atoms with Gasteiger partial charge in [-0.3, -0.25) is 0 Å². The number of hydrogen-bond acceptors (Lipinski definition) is 2. The maximum Gasteiger partial charge on any atom is 0.338 e. The molecule has 0 unspecified atom stereocenters. The summed E-state index contributed by atoms with van der Waals surface area (Å²) in [5.41, 5.74) is 1.37. The third-order valence-corrected chi connectivity index (χ3v) is 1.68. The van der Waals surface area contributed by atoms with Crippen molar-refractivity contribution in [2.75, 3.05) is 6.61 Å². The molecule has 0 aromatic carbocycles. The van der Waals surface area contributed by atoms with E-state index in [1.807, 2.05) is 25.2 Å². The second kappa shape index (κ2) is 5.81. The summed E-state index contributed by atoms with van der Waals surface area (Å²) in [4.78, 5) is 11.5. The lowest BCUT2D eigenvalue weighted by Crippen LogP contribution is -2.08. The molecule has 15 heavy (non-hydrogen) atoms. The van der Waals surface area contributed by atoms with Gasteiger partial charge in [0.15, 0.2) is 0 Å². The van der Waals surface area contributed by atoms with Crippen molar-refractivity contribution < 1.29 is 9.53 Å². The minimum atomic E-state index is -0.325. The van der Waals surface area contributed by atoms with Crippen molar-refractivity contribution in [2.45, 2.75) is 6.92 Å². The van der Waals surface area contributed by atoms with Gasteiger partial charge in [0.25, 0.3) is 0 Å². The van der Waals surface area contributed by atoms with Crippen LogP contribution < -0.4 is 0 Å². The second-order valence-electron chi connectivity index (χ2n) is 3.28. The van der Waals surface area contributed by atoms with Crippen LogP contribution in [0.5, 0.6) is 0 Å². The van der Waals surface area contributed by atoms with Crippen molar-refractivity contribution in [3.05, 3.63) is 60.3 Å². The number of esters is 1. The van der Waals surface area contributed by atoms with E-state index in [0.717, 1.165) is 5.57 Å². The van der Waals surface area contributed by atoms with E-state index in [9.17, 15) is 4.79 Å². The van der Waals surface area contributed by atoms with Gasteiger partial charge in [0.05, 0.1) is 5.57 Å². The third kappa shape index (κ3) is 4.27. The van der Waals surface area contributed by atoms with Crippen molar-refractivity contribution in [3.63, 3.8) is 0 Å². The lowest BCUT2D eigenvalue weighted by Gasteiger charge is -2.04. The van der Waals surface area contributed by atoms with Crippen LogP contribution in [0.25, 0.3) is 0 Å². The normalized spacial score (nSPS) is 23.9. The molecule has 0 saturated heterocycles. The van der Waals surface area contributed by atoms with Gasteiger partial charge in [-0.15, -0.1) is 0 Å². The van der Waals surface area contributed by atoms with Gasteiger partial charge in [0.2, 0.25) is 0 Å². The summed E-state index contributed by atoms with van der Waals surface area (Å²) in [6.45, 7) is 5.75. The van der Waals surface area contributed by atoms with Gasteiger partial charge < -0.3 is 4.74 Å². The van der Waals surface area contributed by atoms with E-state index in [2.05, 4.69) is 6.58 Å². The summed E-state index contributed by atoms with van der Waals surface area (Å²) in [5, 5.41) is 0. The van der Waals surface area contributed by atoms with Crippen molar-refractivity contribution in [3.8, 4) is 0 Å². The van der Waals surface area contributed by atoms with Gasteiger partial charge in [0, 0.05) is 0 Å². The molecule has 0 bridgehead atoms. The molecule has 0 radical (unpaired) electrons. The van der Waals surface area contributed by atoms with E-state index in [-0.39, 0.29) is 12.6 Å². The zero-order valence-electron chi connectivity index (χ0n) is 8.77. The summed E-state index contributed by atoms with van der Waals surface area (Å²) in [7, 11) is 0. The van der Waals surface area contributed by atoms with E-state index in [4.69, 9.17) is 4.74 Å². The first-order valence-electron chi connectivity index (χ1n) is 4.73. The standard InChI is InChI=1S/C13H14O2/c1-11(2)10-15-13(14)12-8-6-4-3-5-7-9-12/h3-9H,1,10H2,2H3/b4-3-,5-3?,6-4?,7-5-,8-6-,9-7?,12-8?,12-9+. The van der Waals surface area contributed by atoms with Gasteiger partial charge in [-0.1, -0.05) is 37.0 Å². The maximum absolute atomic E-state index is 11.5. The van der Waals surface area contributed by atoms with Gasteiger partial charge in [-0.2, -0.15) is 0 Å². The molecule has 2 nitrogen and oxygen atoms in total. The number of rotatable bonds is 3. The van der Waals surface area contributed by atoms with E-state index < -0.39 is 0 Å². The Morgan fingerprint density at radius 2 is 1.93 bits per heavy atom. The van der Waals surface area contributed by atoms with Gasteiger partial charge in [-0.25, -0.2) is 4.79 Å². The highest BCUT2D eigenvalue weighted by atomic mass is 16.5. The first-order chi connectivity index (χ1) is 7.20. The van der Waals surface area contributed by atoms with Crippen LogP contribution in [0.1, 0.15) is 6.92 Å². The van der Waals surface area contributed by atoms with E-state index >= 15 is 0 Å². The van der Waals surface area contributed by atoms with Crippen LogP contribution in [-0.4, -0.2) is 12.6 Å². The summed E-state index contributed by atoms with van der Waals surface area (Å²) in [6.07, 6.45) is 12.7. The largest absolute Gasteiger partial charge is 0.458 e. The molecule has 0 saturated carbocycles. The summed E-state index contributed by atoms with van der Waals surface area (Å²) < 4.78 is 5.02. The molecule has 1 aliphatic rings. The second-order valence-corrected chi connectivity index (χ2v) is 3.28.